The fourth-order valence-corrected chi connectivity index (χ4v) is 0.263. The number of hydrogen-bond donors (Lipinski definition) is 1. The van der Waals surface area contributed by atoms with E-state index in [-0.39, 0.29) is 29.5 Å². The van der Waals surface area contributed by atoms with Crippen LogP contribution in [-0.4, -0.2) is 18.0 Å². The first-order valence-electron chi connectivity index (χ1n) is 2.20. The van der Waals surface area contributed by atoms with Crippen LogP contribution < -0.4 is 15.9 Å². The van der Waals surface area contributed by atoms with Crippen LogP contribution in [0.25, 0.3) is 0 Å². The number of carboxylic acid groups (broad SMARTS) is 2. The second kappa shape index (κ2) is 7.81. The zero-order chi connectivity index (χ0) is 7.44. The molecule has 0 bridgehead atoms. The van der Waals surface area contributed by atoms with E-state index in [1.807, 2.05) is 0 Å². The van der Waals surface area contributed by atoms with Crippen LogP contribution in [-0.2, 0) is 26.7 Å². The van der Waals surface area contributed by atoms with Gasteiger partial charge in [-0.2, -0.15) is 0 Å². The predicted molar refractivity (Wildman–Crippen MR) is 29.9 cm³/mol. The first-order chi connectivity index (χ1) is 4.04. The van der Waals surface area contributed by atoms with Gasteiger partial charge >= 0.3 is 17.1 Å². The van der Waals surface area contributed by atoms with Crippen molar-refractivity contribution in [2.75, 3.05) is 0 Å². The van der Waals surface area contributed by atoms with Gasteiger partial charge in [0, 0.05) is 18.4 Å². The summed E-state index contributed by atoms with van der Waals surface area (Å²) in [5.41, 5.74) is 4.73. The van der Waals surface area contributed by atoms with Crippen molar-refractivity contribution < 1.29 is 36.9 Å². The molecule has 66 valence electrons. The van der Waals surface area contributed by atoms with Crippen LogP contribution in [0.4, 0.5) is 0 Å². The molecule has 0 saturated carbocycles. The zero-order valence-electron chi connectivity index (χ0n) is 5.26. The molecule has 0 aromatic carbocycles. The van der Waals surface area contributed by atoms with Crippen LogP contribution >= 0.6 is 12.4 Å². The molecule has 0 spiro atoms. The van der Waals surface area contributed by atoms with Gasteiger partial charge in [0.25, 0.3) is 0 Å². The quantitative estimate of drug-likeness (QED) is 0.503. The molecule has 2 N–H and O–H groups in total. The molecule has 0 aliphatic carbocycles. The first-order valence-corrected chi connectivity index (χ1v) is 2.20. The van der Waals surface area contributed by atoms with Gasteiger partial charge in [0.15, 0.2) is 0 Å². The Hall–Kier alpha value is -0.291. The van der Waals surface area contributed by atoms with E-state index in [1.54, 1.807) is 0 Å². The van der Waals surface area contributed by atoms with Crippen LogP contribution in [0.15, 0.2) is 0 Å². The van der Waals surface area contributed by atoms with Crippen molar-refractivity contribution >= 4 is 24.3 Å². The van der Waals surface area contributed by atoms with Gasteiger partial charge in [0.1, 0.15) is 0 Å². The maximum absolute atomic E-state index is 9.71. The van der Waals surface area contributed by atoms with Crippen molar-refractivity contribution in [1.82, 2.24) is 0 Å². The van der Waals surface area contributed by atoms with Crippen LogP contribution in [0.1, 0.15) is 6.42 Å². The molecule has 11 heavy (non-hydrogen) atoms. The van der Waals surface area contributed by atoms with Gasteiger partial charge in [0.2, 0.25) is 0 Å². The summed E-state index contributed by atoms with van der Waals surface area (Å²) in [6.07, 6.45) is -0.706. The number of hydrogen-bond acceptors (Lipinski definition) is 5. The molecule has 0 unspecified atom stereocenters. The Morgan fingerprint density at radius 2 is 1.73 bits per heavy atom. The van der Waals surface area contributed by atoms with Crippen molar-refractivity contribution in [1.29, 1.82) is 0 Å². The Labute approximate surface area is 79.8 Å². The minimum atomic E-state index is -1.58. The first kappa shape index (κ1) is 17.0. The molecular formula is C4H6ClFeNO4. The third kappa shape index (κ3) is 9.71. The number of aliphatic carboxylic acids is 2. The number of carbonyl (C=O) groups is 2. The Morgan fingerprint density at radius 1 is 1.36 bits per heavy atom. The second-order valence-electron chi connectivity index (χ2n) is 1.50. The number of rotatable bonds is 3. The molecule has 0 saturated heterocycles. The molecule has 5 nitrogen and oxygen atoms in total. The average molecular weight is 223 g/mol. The molecule has 0 aromatic rings. The fraction of sp³-hybridized carbons (Fsp3) is 0.500. The van der Waals surface area contributed by atoms with E-state index >= 15 is 0 Å². The van der Waals surface area contributed by atoms with Crippen LogP contribution in [0.3, 0.4) is 0 Å². The van der Waals surface area contributed by atoms with Gasteiger partial charge in [-0.25, -0.2) is 0 Å². The molecule has 0 aliphatic rings. The summed E-state index contributed by atoms with van der Waals surface area (Å²) >= 11 is 0. The van der Waals surface area contributed by atoms with Gasteiger partial charge in [-0.05, 0) is 0 Å². The SMILES string of the molecule is Cl.N[C@@H](CC(=O)[O-])C(=O)[O-].[Fe+2]. The maximum atomic E-state index is 9.71. The predicted octanol–water partition coefficient (Wildman–Crippen LogP) is -3.38. The molecule has 0 aromatic heterocycles. The van der Waals surface area contributed by atoms with Crippen molar-refractivity contribution in [3.8, 4) is 0 Å². The third-order valence-electron chi connectivity index (χ3n) is 0.689. The summed E-state index contributed by atoms with van der Waals surface area (Å²) < 4.78 is 0. The zero-order valence-corrected chi connectivity index (χ0v) is 7.18. The van der Waals surface area contributed by atoms with E-state index in [0.29, 0.717) is 0 Å². The normalized spacial score (nSPS) is 10.3. The van der Waals surface area contributed by atoms with Gasteiger partial charge in [-0.15, -0.1) is 12.4 Å². The molecule has 1 atom stereocenters. The standard InChI is InChI=1S/C4H7NO4.ClH.Fe/c5-2(4(8)9)1-3(6)7;;/h2H,1,5H2,(H,6,7)(H,8,9);1H;/q;;+2/p-2/t2-;;/m0../s1. The second-order valence-corrected chi connectivity index (χ2v) is 1.50. The van der Waals surface area contributed by atoms with Gasteiger partial charge in [0.05, 0.1) is 5.97 Å². The number of nitrogens with two attached hydrogens (primary N) is 1. The topological polar surface area (TPSA) is 106 Å². The van der Waals surface area contributed by atoms with Gasteiger partial charge < -0.3 is 25.5 Å². The van der Waals surface area contributed by atoms with Crippen molar-refractivity contribution in [2.45, 2.75) is 12.5 Å². The largest absolute Gasteiger partial charge is 2.00 e. The number of carboxylic acids is 2. The summed E-state index contributed by atoms with van der Waals surface area (Å²) in [6, 6.07) is -1.46. The van der Waals surface area contributed by atoms with E-state index in [9.17, 15) is 19.8 Å². The van der Waals surface area contributed by atoms with Crippen molar-refractivity contribution in [3.63, 3.8) is 0 Å². The van der Waals surface area contributed by atoms with Crippen molar-refractivity contribution in [3.05, 3.63) is 0 Å². The summed E-state index contributed by atoms with van der Waals surface area (Å²) in [4.78, 5) is 19.3. The summed E-state index contributed by atoms with van der Waals surface area (Å²) in [5, 5.41) is 19.3. The summed E-state index contributed by atoms with van der Waals surface area (Å²) in [7, 11) is 0. The summed E-state index contributed by atoms with van der Waals surface area (Å²) in [6.45, 7) is 0. The Balaban J connectivity index is -0.000000320. The molecule has 0 radical (unpaired) electrons. The Morgan fingerprint density at radius 3 is 1.82 bits per heavy atom. The van der Waals surface area contributed by atoms with E-state index in [4.69, 9.17) is 5.73 Å². The molecule has 0 aliphatic heterocycles. The van der Waals surface area contributed by atoms with E-state index in [0.717, 1.165) is 0 Å². The Kier molecular flexibility index (Phi) is 12.1. The molecular weight excluding hydrogens is 217 g/mol. The van der Waals surface area contributed by atoms with Crippen LogP contribution in [0, 0.1) is 0 Å². The number of carbonyl (C=O) groups excluding carboxylic acids is 2. The van der Waals surface area contributed by atoms with Gasteiger partial charge in [-0.1, -0.05) is 0 Å². The fourth-order valence-electron chi connectivity index (χ4n) is 0.263. The van der Waals surface area contributed by atoms with Crippen molar-refractivity contribution in [2.24, 2.45) is 5.73 Å². The van der Waals surface area contributed by atoms with E-state index < -0.39 is 24.4 Å². The maximum Gasteiger partial charge on any atom is 2.00 e. The molecule has 0 rings (SSSR count). The molecule has 0 fully saturated rings. The minimum absolute atomic E-state index is 0. The monoisotopic (exact) mass is 223 g/mol. The smallest absolute Gasteiger partial charge is 0.550 e. The Bertz CT molecular complexity index is 142. The van der Waals surface area contributed by atoms with Gasteiger partial charge in [-0.3, -0.25) is 0 Å². The third-order valence-corrected chi connectivity index (χ3v) is 0.689. The van der Waals surface area contributed by atoms with E-state index in [1.165, 1.54) is 0 Å². The van der Waals surface area contributed by atoms with E-state index in [2.05, 4.69) is 0 Å². The van der Waals surface area contributed by atoms with Crippen LogP contribution in [0.2, 0.25) is 0 Å². The molecule has 7 heteroatoms. The summed E-state index contributed by atoms with van der Waals surface area (Å²) in [5.74, 6) is -3.08. The molecule has 0 heterocycles. The average Bonchev–Trinajstić information content (AvgIpc) is 1.63. The molecule has 0 amide bonds. The number of halogens is 1. The minimum Gasteiger partial charge on any atom is -0.550 e. The van der Waals surface area contributed by atoms with Crippen LogP contribution in [0.5, 0.6) is 0 Å².